The van der Waals surface area contributed by atoms with Crippen LogP contribution >= 0.6 is 0 Å². The second-order valence-corrected chi connectivity index (χ2v) is 9.59. The number of allylic oxidation sites excluding steroid dienone is 1. The number of carbonyl (C=O) groups excluding carboxylic acids is 2. The minimum atomic E-state index is -1.13. The summed E-state index contributed by atoms with van der Waals surface area (Å²) in [6.45, 7) is 7.09. The zero-order valence-corrected chi connectivity index (χ0v) is 9.37. The molecule has 3 nitrogen and oxygen atoms in total. The van der Waals surface area contributed by atoms with E-state index in [4.69, 9.17) is 4.74 Å². The van der Waals surface area contributed by atoms with Gasteiger partial charge < -0.3 is 4.74 Å². The van der Waals surface area contributed by atoms with Crippen LogP contribution in [0.2, 0.25) is 25.7 Å². The maximum atomic E-state index is 10.8. The highest BCUT2D eigenvalue weighted by Crippen LogP contribution is 2.07. The van der Waals surface area contributed by atoms with Gasteiger partial charge in [-0.3, -0.25) is 4.79 Å². The molecular weight excluding hydrogens is 184 g/mol. The maximum Gasteiger partial charge on any atom is 0.330 e. The molecule has 0 aliphatic heterocycles. The van der Waals surface area contributed by atoms with Crippen molar-refractivity contribution in [2.75, 3.05) is 6.61 Å². The first-order chi connectivity index (χ1) is 5.95. The van der Waals surface area contributed by atoms with E-state index in [9.17, 15) is 9.59 Å². The molecule has 0 aliphatic rings. The summed E-state index contributed by atoms with van der Waals surface area (Å²) < 4.78 is 4.87. The summed E-state index contributed by atoms with van der Waals surface area (Å²) >= 11 is 0. The summed E-state index contributed by atoms with van der Waals surface area (Å²) in [7, 11) is -1.13. The largest absolute Gasteiger partial charge is 0.463 e. The molecule has 0 bridgehead atoms. The van der Waals surface area contributed by atoms with Gasteiger partial charge in [0.05, 0.1) is 6.61 Å². The normalized spacial score (nSPS) is 11.6. The molecular formula is C9H16O3Si. The number of esters is 1. The molecule has 0 aromatic rings. The summed E-state index contributed by atoms with van der Waals surface area (Å²) in [5.74, 6) is -0.439. The van der Waals surface area contributed by atoms with E-state index in [0.29, 0.717) is 12.9 Å². The molecule has 0 fully saturated rings. The van der Waals surface area contributed by atoms with E-state index < -0.39 is 14.0 Å². The third-order valence-electron chi connectivity index (χ3n) is 1.41. The Morgan fingerprint density at radius 2 is 2.00 bits per heavy atom. The Bertz CT molecular complexity index is 203. The van der Waals surface area contributed by atoms with Crippen molar-refractivity contribution in [1.82, 2.24) is 0 Å². The van der Waals surface area contributed by atoms with Crippen molar-refractivity contribution >= 4 is 20.3 Å². The van der Waals surface area contributed by atoms with Crippen LogP contribution < -0.4 is 0 Å². The minimum Gasteiger partial charge on any atom is -0.463 e. The van der Waals surface area contributed by atoms with Crippen molar-refractivity contribution < 1.29 is 14.3 Å². The van der Waals surface area contributed by atoms with Crippen LogP contribution in [0.3, 0.4) is 0 Å². The molecule has 0 aromatic heterocycles. The van der Waals surface area contributed by atoms with Gasteiger partial charge in [0, 0.05) is 14.1 Å². The first kappa shape index (κ1) is 12.1. The molecule has 0 unspecified atom stereocenters. The average molecular weight is 200 g/mol. The van der Waals surface area contributed by atoms with E-state index in [-0.39, 0.29) is 0 Å². The molecule has 0 saturated carbocycles. The number of hydrogen-bond acceptors (Lipinski definition) is 3. The van der Waals surface area contributed by atoms with E-state index >= 15 is 0 Å². The Hall–Kier alpha value is -0.903. The van der Waals surface area contributed by atoms with Crippen molar-refractivity contribution in [3.63, 3.8) is 0 Å². The van der Waals surface area contributed by atoms with E-state index in [1.807, 2.05) is 0 Å². The number of ether oxygens (including phenoxy) is 1. The Kier molecular flexibility index (Phi) is 5.30. The van der Waals surface area contributed by atoms with E-state index in [1.165, 1.54) is 0 Å². The SMILES string of the molecule is C[Si](C)(C)CCOC(=O)C=CC=O. The lowest BCUT2D eigenvalue weighted by molar-refractivity contribution is -0.137. The zero-order chi connectivity index (χ0) is 10.3. The Morgan fingerprint density at radius 3 is 2.46 bits per heavy atom. The van der Waals surface area contributed by atoms with Crippen LogP contribution in [0.5, 0.6) is 0 Å². The Labute approximate surface area is 79.8 Å². The second kappa shape index (κ2) is 5.69. The van der Waals surface area contributed by atoms with E-state index in [2.05, 4.69) is 19.6 Å². The number of rotatable bonds is 5. The quantitative estimate of drug-likeness (QED) is 0.293. The molecule has 0 spiro atoms. The van der Waals surface area contributed by atoms with Crippen molar-refractivity contribution in [2.45, 2.75) is 25.7 Å². The molecule has 0 heterocycles. The first-order valence-electron chi connectivity index (χ1n) is 4.24. The highest BCUT2D eigenvalue weighted by atomic mass is 28.3. The van der Waals surface area contributed by atoms with Crippen LogP contribution in [-0.4, -0.2) is 26.9 Å². The summed E-state index contributed by atoms with van der Waals surface area (Å²) in [6.07, 6.45) is 2.83. The minimum absolute atomic E-state index is 0.439. The smallest absolute Gasteiger partial charge is 0.330 e. The monoisotopic (exact) mass is 200 g/mol. The van der Waals surface area contributed by atoms with Crippen LogP contribution in [0.1, 0.15) is 0 Å². The van der Waals surface area contributed by atoms with Gasteiger partial charge in [-0.15, -0.1) is 0 Å². The number of hydrogen-bond donors (Lipinski definition) is 0. The molecule has 0 aliphatic carbocycles. The van der Waals surface area contributed by atoms with Gasteiger partial charge in [0.1, 0.15) is 6.29 Å². The lowest BCUT2D eigenvalue weighted by atomic mass is 10.5. The Balaban J connectivity index is 3.60. The second-order valence-electron chi connectivity index (χ2n) is 3.97. The van der Waals surface area contributed by atoms with Crippen molar-refractivity contribution in [1.29, 1.82) is 0 Å². The predicted molar refractivity (Wildman–Crippen MR) is 54.3 cm³/mol. The van der Waals surface area contributed by atoms with Gasteiger partial charge in [-0.1, -0.05) is 19.6 Å². The van der Waals surface area contributed by atoms with Crippen LogP contribution in [0.25, 0.3) is 0 Å². The van der Waals surface area contributed by atoms with Crippen molar-refractivity contribution in [2.24, 2.45) is 0 Å². The predicted octanol–water partition coefficient (Wildman–Crippen LogP) is 1.62. The standard InChI is InChI=1S/C9H16O3Si/c1-13(2,3)8-7-12-9(11)5-4-6-10/h4-6H,7-8H2,1-3H3. The fourth-order valence-electron chi connectivity index (χ4n) is 0.624. The molecule has 0 amide bonds. The molecule has 13 heavy (non-hydrogen) atoms. The fourth-order valence-corrected chi connectivity index (χ4v) is 1.34. The molecule has 0 atom stereocenters. The molecule has 74 valence electrons. The van der Waals surface area contributed by atoms with Gasteiger partial charge in [0.2, 0.25) is 0 Å². The highest BCUT2D eigenvalue weighted by molar-refractivity contribution is 6.76. The summed E-state index contributed by atoms with van der Waals surface area (Å²) in [4.78, 5) is 20.7. The molecule has 0 N–H and O–H groups in total. The molecule has 0 radical (unpaired) electrons. The van der Waals surface area contributed by atoms with Crippen LogP contribution in [0, 0.1) is 0 Å². The third-order valence-corrected chi connectivity index (χ3v) is 3.11. The number of aldehydes is 1. The van der Waals surface area contributed by atoms with Gasteiger partial charge >= 0.3 is 5.97 Å². The van der Waals surface area contributed by atoms with Gasteiger partial charge in [-0.25, -0.2) is 4.79 Å². The van der Waals surface area contributed by atoms with Gasteiger partial charge in [-0.05, 0) is 12.1 Å². The molecule has 0 saturated heterocycles. The maximum absolute atomic E-state index is 10.8. The van der Waals surface area contributed by atoms with Gasteiger partial charge in [0.15, 0.2) is 0 Å². The number of carbonyl (C=O) groups is 2. The van der Waals surface area contributed by atoms with Gasteiger partial charge in [-0.2, -0.15) is 0 Å². The topological polar surface area (TPSA) is 43.4 Å². The summed E-state index contributed by atoms with van der Waals surface area (Å²) in [6, 6.07) is 0.952. The van der Waals surface area contributed by atoms with Crippen LogP contribution in [0.15, 0.2) is 12.2 Å². The Morgan fingerprint density at radius 1 is 1.38 bits per heavy atom. The highest BCUT2D eigenvalue weighted by Gasteiger charge is 2.12. The fraction of sp³-hybridized carbons (Fsp3) is 0.556. The molecule has 0 aromatic carbocycles. The van der Waals surface area contributed by atoms with E-state index in [1.54, 1.807) is 0 Å². The molecule has 4 heteroatoms. The lowest BCUT2D eigenvalue weighted by Crippen LogP contribution is -2.22. The van der Waals surface area contributed by atoms with Crippen LogP contribution in [0.4, 0.5) is 0 Å². The summed E-state index contributed by atoms with van der Waals surface area (Å²) in [5, 5.41) is 0. The summed E-state index contributed by atoms with van der Waals surface area (Å²) in [5.41, 5.74) is 0. The lowest BCUT2D eigenvalue weighted by Gasteiger charge is -2.14. The average Bonchev–Trinajstić information content (AvgIpc) is 1.98. The third kappa shape index (κ3) is 9.01. The van der Waals surface area contributed by atoms with Gasteiger partial charge in [0.25, 0.3) is 0 Å². The van der Waals surface area contributed by atoms with E-state index in [0.717, 1.165) is 18.2 Å². The van der Waals surface area contributed by atoms with Crippen LogP contribution in [-0.2, 0) is 14.3 Å². The van der Waals surface area contributed by atoms with Crippen molar-refractivity contribution in [3.8, 4) is 0 Å². The first-order valence-corrected chi connectivity index (χ1v) is 7.95. The molecule has 0 rings (SSSR count). The zero-order valence-electron chi connectivity index (χ0n) is 8.37. The van der Waals surface area contributed by atoms with Crippen molar-refractivity contribution in [3.05, 3.63) is 12.2 Å².